The van der Waals surface area contributed by atoms with Gasteiger partial charge >= 0.3 is 11.8 Å². The van der Waals surface area contributed by atoms with Crippen molar-refractivity contribution in [2.75, 3.05) is 5.32 Å². The SMILES string of the molecule is C/C(=N\NC(=O)C(=O)Nc1c(C)cccc1C)c1ccc(OCc2ccccc2)cc1. The number of hydrazone groups is 1. The lowest BCUT2D eigenvalue weighted by atomic mass is 10.1. The van der Waals surface area contributed by atoms with E-state index in [4.69, 9.17) is 4.74 Å². The number of ether oxygens (including phenoxy) is 1. The normalized spacial score (nSPS) is 11.0. The Bertz CT molecular complexity index is 1070. The van der Waals surface area contributed by atoms with Crippen LogP contribution in [0.25, 0.3) is 0 Å². The summed E-state index contributed by atoms with van der Waals surface area (Å²) in [5.41, 5.74) is 7.18. The number of carbonyl (C=O) groups is 2. The largest absolute Gasteiger partial charge is 0.489 e. The molecule has 0 aliphatic heterocycles. The van der Waals surface area contributed by atoms with Crippen LogP contribution in [0.1, 0.15) is 29.2 Å². The van der Waals surface area contributed by atoms with Gasteiger partial charge in [0.15, 0.2) is 0 Å². The van der Waals surface area contributed by atoms with Crippen molar-refractivity contribution in [2.24, 2.45) is 5.10 Å². The molecule has 0 saturated heterocycles. The number of nitrogens with one attached hydrogen (secondary N) is 2. The predicted molar refractivity (Wildman–Crippen MR) is 122 cm³/mol. The third kappa shape index (κ3) is 6.02. The molecule has 6 heteroatoms. The van der Waals surface area contributed by atoms with Crippen LogP contribution < -0.4 is 15.5 Å². The van der Waals surface area contributed by atoms with E-state index < -0.39 is 11.8 Å². The molecule has 0 fully saturated rings. The Morgan fingerprint density at radius 3 is 2.13 bits per heavy atom. The average molecular weight is 415 g/mol. The molecule has 31 heavy (non-hydrogen) atoms. The number of nitrogens with zero attached hydrogens (tertiary/aromatic N) is 1. The van der Waals surface area contributed by atoms with Gasteiger partial charge in [-0.25, -0.2) is 5.43 Å². The number of hydrogen-bond donors (Lipinski definition) is 2. The highest BCUT2D eigenvalue weighted by Gasteiger charge is 2.15. The Kier molecular flexibility index (Phi) is 7.17. The van der Waals surface area contributed by atoms with Crippen LogP contribution >= 0.6 is 0 Å². The summed E-state index contributed by atoms with van der Waals surface area (Å²) >= 11 is 0. The summed E-state index contributed by atoms with van der Waals surface area (Å²) in [6, 6.07) is 22.9. The minimum absolute atomic E-state index is 0.485. The molecule has 158 valence electrons. The summed E-state index contributed by atoms with van der Waals surface area (Å²) in [7, 11) is 0. The number of benzene rings is 3. The van der Waals surface area contributed by atoms with Crippen LogP contribution in [0.15, 0.2) is 77.9 Å². The quantitative estimate of drug-likeness (QED) is 0.357. The van der Waals surface area contributed by atoms with Gasteiger partial charge in [-0.15, -0.1) is 0 Å². The van der Waals surface area contributed by atoms with Crippen molar-refractivity contribution in [1.82, 2.24) is 5.43 Å². The Labute approximate surface area is 182 Å². The molecule has 0 unspecified atom stereocenters. The Morgan fingerprint density at radius 1 is 0.839 bits per heavy atom. The summed E-state index contributed by atoms with van der Waals surface area (Å²) in [5.74, 6) is -0.860. The lowest BCUT2D eigenvalue weighted by molar-refractivity contribution is -0.136. The maximum Gasteiger partial charge on any atom is 0.329 e. The zero-order chi connectivity index (χ0) is 22.2. The number of anilines is 1. The van der Waals surface area contributed by atoms with Crippen LogP contribution in [-0.2, 0) is 16.2 Å². The molecule has 0 spiro atoms. The van der Waals surface area contributed by atoms with Crippen LogP contribution in [0.3, 0.4) is 0 Å². The van der Waals surface area contributed by atoms with Gasteiger partial charge in [-0.2, -0.15) is 5.10 Å². The molecule has 3 rings (SSSR count). The highest BCUT2D eigenvalue weighted by molar-refractivity contribution is 6.39. The van der Waals surface area contributed by atoms with Crippen molar-refractivity contribution < 1.29 is 14.3 Å². The summed E-state index contributed by atoms with van der Waals surface area (Å²) in [4.78, 5) is 24.3. The molecule has 0 aliphatic rings. The summed E-state index contributed by atoms with van der Waals surface area (Å²) in [6.07, 6.45) is 0. The third-order valence-electron chi connectivity index (χ3n) is 4.77. The number of rotatable bonds is 6. The van der Waals surface area contributed by atoms with Gasteiger partial charge in [0.2, 0.25) is 0 Å². The van der Waals surface area contributed by atoms with Crippen LogP contribution in [0.5, 0.6) is 5.75 Å². The lowest BCUT2D eigenvalue weighted by Gasteiger charge is -2.10. The second kappa shape index (κ2) is 10.2. The first kappa shape index (κ1) is 21.8. The van der Waals surface area contributed by atoms with E-state index in [1.54, 1.807) is 6.92 Å². The van der Waals surface area contributed by atoms with E-state index in [0.29, 0.717) is 18.0 Å². The minimum Gasteiger partial charge on any atom is -0.489 e. The standard InChI is InChI=1S/C25H25N3O3/c1-17-8-7-9-18(2)23(17)26-24(29)25(30)28-27-19(3)21-12-14-22(15-13-21)31-16-20-10-5-4-6-11-20/h4-15H,16H2,1-3H3,(H,26,29)(H,28,30)/b27-19+. The van der Waals surface area contributed by atoms with E-state index in [2.05, 4.69) is 15.8 Å². The van der Waals surface area contributed by atoms with E-state index in [0.717, 1.165) is 28.0 Å². The van der Waals surface area contributed by atoms with E-state index in [9.17, 15) is 9.59 Å². The van der Waals surface area contributed by atoms with Crippen LogP contribution in [-0.4, -0.2) is 17.5 Å². The first-order chi connectivity index (χ1) is 14.9. The fraction of sp³-hybridized carbons (Fsp3) is 0.160. The van der Waals surface area contributed by atoms with Gasteiger partial charge in [-0.1, -0.05) is 48.5 Å². The number of amides is 2. The van der Waals surface area contributed by atoms with E-state index >= 15 is 0 Å². The molecule has 3 aromatic carbocycles. The topological polar surface area (TPSA) is 79.8 Å². The molecule has 2 N–H and O–H groups in total. The monoisotopic (exact) mass is 415 g/mol. The molecule has 0 aromatic heterocycles. The number of hydrogen-bond acceptors (Lipinski definition) is 4. The summed E-state index contributed by atoms with van der Waals surface area (Å²) in [5, 5.41) is 6.68. The molecule has 0 aliphatic carbocycles. The molecule has 0 heterocycles. The van der Waals surface area contributed by atoms with Crippen molar-refractivity contribution in [1.29, 1.82) is 0 Å². The van der Waals surface area contributed by atoms with Gasteiger partial charge in [-0.3, -0.25) is 9.59 Å². The van der Waals surface area contributed by atoms with Crippen molar-refractivity contribution in [3.05, 3.63) is 95.1 Å². The van der Waals surface area contributed by atoms with Crippen molar-refractivity contribution in [2.45, 2.75) is 27.4 Å². The zero-order valence-corrected chi connectivity index (χ0v) is 17.8. The van der Waals surface area contributed by atoms with Gasteiger partial charge in [-0.05, 0) is 67.3 Å². The van der Waals surface area contributed by atoms with Crippen molar-refractivity contribution >= 4 is 23.2 Å². The first-order valence-corrected chi connectivity index (χ1v) is 9.93. The number of carbonyl (C=O) groups excluding carboxylic acids is 2. The molecule has 3 aromatic rings. The molecule has 0 atom stereocenters. The second-order valence-corrected chi connectivity index (χ2v) is 7.16. The lowest BCUT2D eigenvalue weighted by Crippen LogP contribution is -2.33. The average Bonchev–Trinajstić information content (AvgIpc) is 2.79. The number of aryl methyl sites for hydroxylation is 2. The Hall–Kier alpha value is -3.93. The molecular weight excluding hydrogens is 390 g/mol. The first-order valence-electron chi connectivity index (χ1n) is 9.93. The van der Waals surface area contributed by atoms with Gasteiger partial charge < -0.3 is 10.1 Å². The Balaban J connectivity index is 1.55. The molecule has 0 bridgehead atoms. The zero-order valence-electron chi connectivity index (χ0n) is 17.8. The maximum atomic E-state index is 12.2. The van der Waals surface area contributed by atoms with Crippen molar-refractivity contribution in [3.63, 3.8) is 0 Å². The van der Waals surface area contributed by atoms with Gasteiger partial charge in [0.05, 0.1) is 5.71 Å². The second-order valence-electron chi connectivity index (χ2n) is 7.16. The molecule has 2 amide bonds. The van der Waals surface area contributed by atoms with Gasteiger partial charge in [0, 0.05) is 5.69 Å². The van der Waals surface area contributed by atoms with Crippen LogP contribution in [0.2, 0.25) is 0 Å². The van der Waals surface area contributed by atoms with Gasteiger partial charge in [0.1, 0.15) is 12.4 Å². The van der Waals surface area contributed by atoms with E-state index in [1.807, 2.05) is 86.6 Å². The molecule has 0 saturated carbocycles. The number of para-hydroxylation sites is 1. The van der Waals surface area contributed by atoms with Crippen LogP contribution in [0.4, 0.5) is 5.69 Å². The Morgan fingerprint density at radius 2 is 1.48 bits per heavy atom. The van der Waals surface area contributed by atoms with Crippen molar-refractivity contribution in [3.8, 4) is 5.75 Å². The third-order valence-corrected chi connectivity index (χ3v) is 4.77. The van der Waals surface area contributed by atoms with Gasteiger partial charge in [0.25, 0.3) is 0 Å². The molecule has 6 nitrogen and oxygen atoms in total. The smallest absolute Gasteiger partial charge is 0.329 e. The predicted octanol–water partition coefficient (Wildman–Crippen LogP) is 4.36. The fourth-order valence-corrected chi connectivity index (χ4v) is 2.97. The van der Waals surface area contributed by atoms with Crippen LogP contribution in [0, 0.1) is 13.8 Å². The molecule has 0 radical (unpaired) electrons. The molecular formula is C25H25N3O3. The minimum atomic E-state index is -0.829. The fourth-order valence-electron chi connectivity index (χ4n) is 2.97. The summed E-state index contributed by atoms with van der Waals surface area (Å²) in [6.45, 7) is 5.98. The maximum absolute atomic E-state index is 12.2. The highest BCUT2D eigenvalue weighted by atomic mass is 16.5. The van der Waals surface area contributed by atoms with E-state index in [1.165, 1.54) is 0 Å². The highest BCUT2D eigenvalue weighted by Crippen LogP contribution is 2.19. The van der Waals surface area contributed by atoms with E-state index in [-0.39, 0.29) is 0 Å². The summed E-state index contributed by atoms with van der Waals surface area (Å²) < 4.78 is 5.77.